The molecule has 1 heterocycles. The Labute approximate surface area is 131 Å². The second-order valence-corrected chi connectivity index (χ2v) is 6.02. The average Bonchev–Trinajstić information content (AvgIpc) is 2.92. The molecule has 1 aromatic carbocycles. The average molecular weight is 303 g/mol. The number of hydrogen-bond donors (Lipinski definition) is 2. The van der Waals surface area contributed by atoms with Crippen LogP contribution in [0.1, 0.15) is 38.7 Å². The number of benzene rings is 1. The number of likely N-dealkylation sites (tertiary alicyclic amines) is 1. The Morgan fingerprint density at radius 1 is 1.36 bits per heavy atom. The summed E-state index contributed by atoms with van der Waals surface area (Å²) >= 11 is 0. The molecule has 5 nitrogen and oxygen atoms in total. The molecule has 0 bridgehead atoms. The lowest BCUT2D eigenvalue weighted by molar-refractivity contribution is -0.128. The maximum absolute atomic E-state index is 12.0. The van der Waals surface area contributed by atoms with Crippen molar-refractivity contribution >= 4 is 17.5 Å². The molecule has 1 fully saturated rings. The van der Waals surface area contributed by atoms with E-state index in [1.165, 1.54) is 0 Å². The lowest BCUT2D eigenvalue weighted by Crippen LogP contribution is -2.40. The van der Waals surface area contributed by atoms with Crippen molar-refractivity contribution in [1.29, 1.82) is 0 Å². The normalized spacial score (nSPS) is 17.4. The third-order valence-corrected chi connectivity index (χ3v) is 4.33. The highest BCUT2D eigenvalue weighted by atomic mass is 16.2. The molecule has 3 N–H and O–H groups in total. The molecule has 1 aromatic rings. The number of amides is 2. The zero-order valence-corrected chi connectivity index (χ0v) is 13.3. The van der Waals surface area contributed by atoms with E-state index in [2.05, 4.69) is 5.32 Å². The summed E-state index contributed by atoms with van der Waals surface area (Å²) < 4.78 is 0. The second-order valence-electron chi connectivity index (χ2n) is 6.02. The SMILES string of the molecule is CCC(C)C(N)C(=O)Nc1ccc(CN2CCCC2=O)cc1. The molecule has 1 aliphatic heterocycles. The molecular weight excluding hydrogens is 278 g/mol. The van der Waals surface area contributed by atoms with Gasteiger partial charge in [-0.3, -0.25) is 9.59 Å². The van der Waals surface area contributed by atoms with E-state index in [9.17, 15) is 9.59 Å². The number of carbonyl (C=O) groups excluding carboxylic acids is 2. The fraction of sp³-hybridized carbons (Fsp3) is 0.529. The molecule has 0 saturated carbocycles. The number of nitrogens with zero attached hydrogens (tertiary/aromatic N) is 1. The van der Waals surface area contributed by atoms with Gasteiger partial charge in [-0.25, -0.2) is 0 Å². The van der Waals surface area contributed by atoms with Crippen LogP contribution in [0.4, 0.5) is 5.69 Å². The van der Waals surface area contributed by atoms with Gasteiger partial charge in [0.2, 0.25) is 11.8 Å². The molecule has 1 saturated heterocycles. The van der Waals surface area contributed by atoms with Crippen molar-refractivity contribution in [1.82, 2.24) is 4.90 Å². The van der Waals surface area contributed by atoms with Crippen molar-refractivity contribution in [2.45, 2.75) is 45.7 Å². The third-order valence-electron chi connectivity index (χ3n) is 4.33. The minimum absolute atomic E-state index is 0.153. The number of rotatable bonds is 6. The van der Waals surface area contributed by atoms with Crippen molar-refractivity contribution in [2.75, 3.05) is 11.9 Å². The summed E-state index contributed by atoms with van der Waals surface area (Å²) in [6.45, 7) is 5.47. The third kappa shape index (κ3) is 4.07. The Morgan fingerprint density at radius 2 is 2.05 bits per heavy atom. The molecular formula is C17H25N3O2. The van der Waals surface area contributed by atoms with Gasteiger partial charge in [0.1, 0.15) is 0 Å². The van der Waals surface area contributed by atoms with E-state index in [1.807, 2.05) is 43.0 Å². The van der Waals surface area contributed by atoms with Crippen LogP contribution in [0.3, 0.4) is 0 Å². The molecule has 2 atom stereocenters. The highest BCUT2D eigenvalue weighted by Gasteiger charge is 2.21. The monoisotopic (exact) mass is 303 g/mol. The van der Waals surface area contributed by atoms with Gasteiger partial charge in [-0.15, -0.1) is 0 Å². The molecule has 2 amide bonds. The van der Waals surface area contributed by atoms with Gasteiger partial charge in [0.25, 0.3) is 0 Å². The van der Waals surface area contributed by atoms with Crippen molar-refractivity contribution in [3.05, 3.63) is 29.8 Å². The first kappa shape index (κ1) is 16.5. The molecule has 5 heteroatoms. The second kappa shape index (κ2) is 7.40. The zero-order valence-electron chi connectivity index (χ0n) is 13.3. The number of anilines is 1. The molecule has 0 spiro atoms. The van der Waals surface area contributed by atoms with E-state index >= 15 is 0 Å². The Bertz CT molecular complexity index is 527. The van der Waals surface area contributed by atoms with Crippen LogP contribution in [0.2, 0.25) is 0 Å². The van der Waals surface area contributed by atoms with Gasteiger partial charge in [0, 0.05) is 25.2 Å². The fourth-order valence-electron chi connectivity index (χ4n) is 2.52. The van der Waals surface area contributed by atoms with E-state index in [-0.39, 0.29) is 17.7 Å². The molecule has 1 aliphatic rings. The van der Waals surface area contributed by atoms with E-state index < -0.39 is 6.04 Å². The molecule has 0 aliphatic carbocycles. The van der Waals surface area contributed by atoms with Gasteiger partial charge >= 0.3 is 0 Å². The summed E-state index contributed by atoms with van der Waals surface area (Å²) in [6, 6.07) is 7.10. The topological polar surface area (TPSA) is 75.4 Å². The quantitative estimate of drug-likeness (QED) is 0.845. The van der Waals surface area contributed by atoms with Gasteiger partial charge < -0.3 is 16.0 Å². The van der Waals surface area contributed by atoms with Gasteiger partial charge in [-0.1, -0.05) is 32.4 Å². The molecule has 22 heavy (non-hydrogen) atoms. The van der Waals surface area contributed by atoms with Crippen LogP contribution >= 0.6 is 0 Å². The highest BCUT2D eigenvalue weighted by Crippen LogP contribution is 2.17. The summed E-state index contributed by atoms with van der Waals surface area (Å²) in [5.74, 6) is 0.217. The Hall–Kier alpha value is -1.88. The van der Waals surface area contributed by atoms with E-state index in [0.29, 0.717) is 13.0 Å². The van der Waals surface area contributed by atoms with Crippen molar-refractivity contribution < 1.29 is 9.59 Å². The highest BCUT2D eigenvalue weighted by molar-refractivity contribution is 5.94. The standard InChI is InChI=1S/C17H25N3O2/c1-3-12(2)16(18)17(22)19-14-8-6-13(7-9-14)11-20-10-4-5-15(20)21/h6-9,12,16H,3-5,10-11,18H2,1-2H3,(H,19,22). The first-order valence-corrected chi connectivity index (χ1v) is 7.94. The van der Waals surface area contributed by atoms with Gasteiger partial charge in [-0.2, -0.15) is 0 Å². The van der Waals surface area contributed by atoms with Crippen LogP contribution in [0.15, 0.2) is 24.3 Å². The Morgan fingerprint density at radius 3 is 2.59 bits per heavy atom. The molecule has 120 valence electrons. The van der Waals surface area contributed by atoms with Crippen LogP contribution in [-0.2, 0) is 16.1 Å². The number of nitrogens with one attached hydrogen (secondary N) is 1. The van der Waals surface area contributed by atoms with Gasteiger partial charge in [0.15, 0.2) is 0 Å². The van der Waals surface area contributed by atoms with Crippen molar-refractivity contribution in [3.63, 3.8) is 0 Å². The predicted molar refractivity (Wildman–Crippen MR) is 87.2 cm³/mol. The van der Waals surface area contributed by atoms with Gasteiger partial charge in [0.05, 0.1) is 6.04 Å². The number of carbonyl (C=O) groups is 2. The summed E-state index contributed by atoms with van der Waals surface area (Å²) in [5.41, 5.74) is 7.72. The van der Waals surface area contributed by atoms with Crippen molar-refractivity contribution in [2.24, 2.45) is 11.7 Å². The summed E-state index contributed by atoms with van der Waals surface area (Å²) in [4.78, 5) is 25.5. The molecule has 0 radical (unpaired) electrons. The lowest BCUT2D eigenvalue weighted by atomic mass is 9.99. The van der Waals surface area contributed by atoms with Crippen LogP contribution in [-0.4, -0.2) is 29.3 Å². The predicted octanol–water partition coefficient (Wildman–Crippen LogP) is 2.12. The zero-order chi connectivity index (χ0) is 16.1. The lowest BCUT2D eigenvalue weighted by Gasteiger charge is -2.18. The Kier molecular flexibility index (Phi) is 5.55. The van der Waals surface area contributed by atoms with Crippen LogP contribution in [0, 0.1) is 5.92 Å². The van der Waals surface area contributed by atoms with Crippen molar-refractivity contribution in [3.8, 4) is 0 Å². The van der Waals surface area contributed by atoms with Crippen LogP contribution < -0.4 is 11.1 Å². The van der Waals surface area contributed by atoms with Crippen LogP contribution in [0.25, 0.3) is 0 Å². The smallest absolute Gasteiger partial charge is 0.241 e. The Balaban J connectivity index is 1.91. The van der Waals surface area contributed by atoms with E-state index in [1.54, 1.807) is 0 Å². The minimum atomic E-state index is -0.494. The first-order valence-electron chi connectivity index (χ1n) is 7.94. The summed E-state index contributed by atoms with van der Waals surface area (Å²) in [6.07, 6.45) is 2.47. The number of nitrogens with two attached hydrogens (primary N) is 1. The summed E-state index contributed by atoms with van der Waals surface area (Å²) in [7, 11) is 0. The minimum Gasteiger partial charge on any atom is -0.338 e. The summed E-state index contributed by atoms with van der Waals surface area (Å²) in [5, 5.41) is 2.84. The number of hydrogen-bond acceptors (Lipinski definition) is 3. The largest absolute Gasteiger partial charge is 0.338 e. The molecule has 2 unspecified atom stereocenters. The molecule has 0 aromatic heterocycles. The van der Waals surface area contributed by atoms with Gasteiger partial charge in [-0.05, 0) is 30.0 Å². The first-order chi connectivity index (χ1) is 10.5. The maximum Gasteiger partial charge on any atom is 0.241 e. The maximum atomic E-state index is 12.0. The molecule has 2 rings (SSSR count). The fourth-order valence-corrected chi connectivity index (χ4v) is 2.52. The van der Waals surface area contributed by atoms with E-state index in [0.717, 1.165) is 30.6 Å². The van der Waals surface area contributed by atoms with Crippen LogP contribution in [0.5, 0.6) is 0 Å². The van der Waals surface area contributed by atoms with E-state index in [4.69, 9.17) is 5.73 Å².